The summed E-state index contributed by atoms with van der Waals surface area (Å²) in [6, 6.07) is 24.7. The number of rotatable bonds is 6. The summed E-state index contributed by atoms with van der Waals surface area (Å²) in [6.07, 6.45) is 1.88. The molecule has 1 heterocycles. The Morgan fingerprint density at radius 3 is 2.28 bits per heavy atom. The first-order valence-corrected chi connectivity index (χ1v) is 10.8. The highest BCUT2D eigenvalue weighted by molar-refractivity contribution is 14.1. The molecule has 0 atom stereocenters. The maximum absolute atomic E-state index is 5.86. The Hall–Kier alpha value is -2.38. The minimum absolute atomic E-state index is 0.569. The number of hydrogen-bond acceptors (Lipinski definition) is 4. The summed E-state index contributed by atoms with van der Waals surface area (Å²) in [4.78, 5) is 6.92. The zero-order chi connectivity index (χ0) is 19.9. The fourth-order valence-corrected chi connectivity index (χ4v) is 3.48. The molecule has 1 saturated heterocycles. The van der Waals surface area contributed by atoms with Crippen molar-refractivity contribution in [3.63, 3.8) is 0 Å². The topological polar surface area (TPSA) is 34.1 Å². The van der Waals surface area contributed by atoms with Crippen LogP contribution in [-0.2, 0) is 11.3 Å². The van der Waals surface area contributed by atoms with Gasteiger partial charge in [0.05, 0.1) is 18.9 Å². The van der Waals surface area contributed by atoms with E-state index in [1.54, 1.807) is 0 Å². The average molecular weight is 498 g/mol. The first kappa shape index (κ1) is 19.9. The van der Waals surface area contributed by atoms with Crippen LogP contribution in [0.15, 0.2) is 77.8 Å². The third-order valence-electron chi connectivity index (χ3n) is 4.79. The summed E-state index contributed by atoms with van der Waals surface area (Å²) in [7, 11) is 0. The van der Waals surface area contributed by atoms with E-state index in [0.717, 1.165) is 48.9 Å². The van der Waals surface area contributed by atoms with E-state index in [9.17, 15) is 0 Å². The summed E-state index contributed by atoms with van der Waals surface area (Å²) in [5.74, 6) is 0.857. The van der Waals surface area contributed by atoms with E-state index >= 15 is 0 Å². The molecule has 0 radical (unpaired) electrons. The van der Waals surface area contributed by atoms with E-state index in [1.165, 1.54) is 9.26 Å². The molecule has 4 rings (SSSR count). The molecule has 1 aliphatic heterocycles. The van der Waals surface area contributed by atoms with Crippen LogP contribution in [0.3, 0.4) is 0 Å². The largest absolute Gasteiger partial charge is 0.489 e. The van der Waals surface area contributed by atoms with E-state index in [0.29, 0.717) is 6.61 Å². The molecular weight excluding hydrogens is 475 g/mol. The second-order valence-electron chi connectivity index (χ2n) is 6.86. The van der Waals surface area contributed by atoms with Crippen molar-refractivity contribution in [2.45, 2.75) is 6.61 Å². The Morgan fingerprint density at radius 2 is 1.59 bits per heavy atom. The molecule has 0 unspecified atom stereocenters. The van der Waals surface area contributed by atoms with Crippen molar-refractivity contribution in [3.05, 3.63) is 87.5 Å². The first-order chi connectivity index (χ1) is 14.3. The van der Waals surface area contributed by atoms with Crippen molar-refractivity contribution in [3.8, 4) is 5.75 Å². The Kier molecular flexibility index (Phi) is 6.79. The molecule has 0 aliphatic carbocycles. The number of anilines is 1. The van der Waals surface area contributed by atoms with Gasteiger partial charge in [0.1, 0.15) is 12.4 Å². The lowest BCUT2D eigenvalue weighted by Crippen LogP contribution is -2.36. The maximum atomic E-state index is 5.86. The summed E-state index contributed by atoms with van der Waals surface area (Å²) in [5, 5.41) is 0. The first-order valence-electron chi connectivity index (χ1n) is 9.70. The quantitative estimate of drug-likeness (QED) is 0.335. The highest BCUT2D eigenvalue weighted by atomic mass is 127. The van der Waals surface area contributed by atoms with Gasteiger partial charge in [-0.15, -0.1) is 0 Å². The third-order valence-corrected chi connectivity index (χ3v) is 5.51. The molecule has 148 valence electrons. The summed E-state index contributed by atoms with van der Waals surface area (Å²) >= 11 is 2.30. The zero-order valence-corrected chi connectivity index (χ0v) is 18.3. The fourth-order valence-electron chi connectivity index (χ4n) is 3.12. The lowest BCUT2D eigenvalue weighted by atomic mass is 10.2. The molecule has 0 saturated carbocycles. The van der Waals surface area contributed by atoms with Gasteiger partial charge in [-0.25, -0.2) is 0 Å². The molecule has 1 aliphatic rings. The SMILES string of the molecule is Ic1ccc(COc2ccc(C=Nc3ccc(N4CCOCC4)cc3)cc2)cc1. The Bertz CT molecular complexity index is 932. The molecule has 0 amide bonds. The smallest absolute Gasteiger partial charge is 0.119 e. The van der Waals surface area contributed by atoms with Crippen molar-refractivity contribution in [1.29, 1.82) is 0 Å². The number of halogens is 1. The fraction of sp³-hybridized carbons (Fsp3) is 0.208. The lowest BCUT2D eigenvalue weighted by molar-refractivity contribution is 0.122. The van der Waals surface area contributed by atoms with E-state index in [2.05, 4.69) is 81.0 Å². The molecule has 3 aromatic carbocycles. The van der Waals surface area contributed by atoms with E-state index in [-0.39, 0.29) is 0 Å². The molecule has 0 aromatic heterocycles. The number of morpholine rings is 1. The second kappa shape index (κ2) is 9.89. The highest BCUT2D eigenvalue weighted by Gasteiger charge is 2.10. The van der Waals surface area contributed by atoms with Gasteiger partial charge < -0.3 is 14.4 Å². The van der Waals surface area contributed by atoms with Crippen LogP contribution in [0.2, 0.25) is 0 Å². The average Bonchev–Trinajstić information content (AvgIpc) is 2.79. The van der Waals surface area contributed by atoms with Crippen LogP contribution in [0.1, 0.15) is 11.1 Å². The van der Waals surface area contributed by atoms with Crippen LogP contribution in [0.25, 0.3) is 0 Å². The molecule has 0 bridgehead atoms. The van der Waals surface area contributed by atoms with Gasteiger partial charge in [0.2, 0.25) is 0 Å². The third kappa shape index (κ3) is 5.81. The number of ether oxygens (including phenoxy) is 2. The predicted molar refractivity (Wildman–Crippen MR) is 127 cm³/mol. The predicted octanol–water partition coefficient (Wildman–Crippen LogP) is 5.46. The highest BCUT2D eigenvalue weighted by Crippen LogP contribution is 2.21. The molecular formula is C24H23IN2O2. The number of nitrogens with zero attached hydrogens (tertiary/aromatic N) is 2. The number of benzene rings is 3. The van der Waals surface area contributed by atoms with Crippen molar-refractivity contribution in [1.82, 2.24) is 0 Å². The Labute approximate surface area is 185 Å². The van der Waals surface area contributed by atoms with Crippen LogP contribution < -0.4 is 9.64 Å². The van der Waals surface area contributed by atoms with Gasteiger partial charge in [0, 0.05) is 28.6 Å². The molecule has 1 fully saturated rings. The lowest BCUT2D eigenvalue weighted by Gasteiger charge is -2.28. The van der Waals surface area contributed by atoms with E-state index in [1.807, 2.05) is 30.5 Å². The van der Waals surface area contributed by atoms with Gasteiger partial charge in [-0.1, -0.05) is 12.1 Å². The van der Waals surface area contributed by atoms with Crippen molar-refractivity contribution in [2.24, 2.45) is 4.99 Å². The van der Waals surface area contributed by atoms with Crippen LogP contribution in [0, 0.1) is 3.57 Å². The minimum Gasteiger partial charge on any atom is -0.489 e. The van der Waals surface area contributed by atoms with E-state index < -0.39 is 0 Å². The minimum atomic E-state index is 0.569. The van der Waals surface area contributed by atoms with Gasteiger partial charge in [-0.05, 0) is 94.4 Å². The standard InChI is InChI=1S/C24H23IN2O2/c25-21-5-1-20(2-6-21)18-29-24-11-3-19(4-12-24)17-26-22-7-9-23(10-8-22)27-13-15-28-16-14-27/h1-12,17H,13-16,18H2. The van der Waals surface area contributed by atoms with Gasteiger partial charge in [-0.2, -0.15) is 0 Å². The molecule has 5 heteroatoms. The van der Waals surface area contributed by atoms with Gasteiger partial charge >= 0.3 is 0 Å². The molecule has 29 heavy (non-hydrogen) atoms. The van der Waals surface area contributed by atoms with Crippen LogP contribution in [0.5, 0.6) is 5.75 Å². The van der Waals surface area contributed by atoms with Crippen LogP contribution in [0.4, 0.5) is 11.4 Å². The molecule has 0 N–H and O–H groups in total. The van der Waals surface area contributed by atoms with Crippen molar-refractivity contribution in [2.75, 3.05) is 31.2 Å². The van der Waals surface area contributed by atoms with Crippen molar-refractivity contribution >= 4 is 40.2 Å². The zero-order valence-electron chi connectivity index (χ0n) is 16.1. The summed E-state index contributed by atoms with van der Waals surface area (Å²) < 4.78 is 12.5. The molecule has 4 nitrogen and oxygen atoms in total. The normalized spacial score (nSPS) is 14.3. The van der Waals surface area contributed by atoms with E-state index in [4.69, 9.17) is 9.47 Å². The van der Waals surface area contributed by atoms with Gasteiger partial charge in [0.25, 0.3) is 0 Å². The van der Waals surface area contributed by atoms with Crippen molar-refractivity contribution < 1.29 is 9.47 Å². The van der Waals surface area contributed by atoms with Crippen LogP contribution in [-0.4, -0.2) is 32.5 Å². The Morgan fingerprint density at radius 1 is 0.897 bits per heavy atom. The Balaban J connectivity index is 1.32. The number of aliphatic imine (C=N–C) groups is 1. The number of hydrogen-bond donors (Lipinski definition) is 0. The summed E-state index contributed by atoms with van der Waals surface area (Å²) in [5.41, 5.74) is 4.38. The molecule has 3 aromatic rings. The van der Waals surface area contributed by atoms with Gasteiger partial charge in [0.15, 0.2) is 0 Å². The molecule has 0 spiro atoms. The van der Waals surface area contributed by atoms with Gasteiger partial charge in [-0.3, -0.25) is 4.99 Å². The maximum Gasteiger partial charge on any atom is 0.119 e. The van der Waals surface area contributed by atoms with Crippen LogP contribution >= 0.6 is 22.6 Å². The second-order valence-corrected chi connectivity index (χ2v) is 8.10. The monoisotopic (exact) mass is 498 g/mol. The summed E-state index contributed by atoms with van der Waals surface area (Å²) in [6.45, 7) is 4.05.